The summed E-state index contributed by atoms with van der Waals surface area (Å²) in [6.07, 6.45) is 3.72. The van der Waals surface area contributed by atoms with E-state index in [0.717, 1.165) is 19.5 Å². The Morgan fingerprint density at radius 1 is 1.43 bits per heavy atom. The largest absolute Gasteiger partial charge is 0.478 e. The van der Waals surface area contributed by atoms with Crippen LogP contribution in [0.5, 0.6) is 0 Å². The molecule has 1 amide bonds. The summed E-state index contributed by atoms with van der Waals surface area (Å²) in [5.41, 5.74) is 0.792. The molecule has 1 fully saturated rings. The highest BCUT2D eigenvalue weighted by Crippen LogP contribution is 2.24. The number of amides is 1. The van der Waals surface area contributed by atoms with Gasteiger partial charge in [-0.25, -0.2) is 4.79 Å². The van der Waals surface area contributed by atoms with Crippen molar-refractivity contribution in [3.8, 4) is 0 Å². The van der Waals surface area contributed by atoms with Crippen molar-refractivity contribution in [2.24, 2.45) is 5.92 Å². The smallest absolute Gasteiger partial charge is 0.335 e. The molecule has 1 aromatic rings. The topological polar surface area (TPSA) is 78.4 Å². The Balaban J connectivity index is 1.85. The molecule has 6 heteroatoms. The number of carbonyl (C=O) groups excluding carboxylic acids is 1. The molecule has 1 atom stereocenters. The molecular formula is C15H19BrN2O3. The summed E-state index contributed by atoms with van der Waals surface area (Å²) in [5.74, 6) is -0.454. The van der Waals surface area contributed by atoms with Crippen LogP contribution in [-0.2, 0) is 4.79 Å². The van der Waals surface area contributed by atoms with Crippen molar-refractivity contribution in [3.63, 3.8) is 0 Å². The van der Waals surface area contributed by atoms with Crippen LogP contribution in [0.2, 0.25) is 0 Å². The lowest BCUT2D eigenvalue weighted by Crippen LogP contribution is -2.30. The first-order valence-corrected chi connectivity index (χ1v) is 7.89. The van der Waals surface area contributed by atoms with E-state index in [9.17, 15) is 9.59 Å². The molecule has 21 heavy (non-hydrogen) atoms. The minimum atomic E-state index is -0.988. The monoisotopic (exact) mass is 354 g/mol. The van der Waals surface area contributed by atoms with Crippen LogP contribution in [0.1, 0.15) is 36.0 Å². The Hall–Kier alpha value is -1.40. The van der Waals surface area contributed by atoms with Gasteiger partial charge < -0.3 is 15.7 Å². The maximum Gasteiger partial charge on any atom is 0.335 e. The molecule has 1 unspecified atom stereocenters. The zero-order valence-corrected chi connectivity index (χ0v) is 13.3. The molecule has 1 aliphatic rings. The molecule has 0 saturated carbocycles. The second-order valence-corrected chi connectivity index (χ2v) is 6.15. The highest BCUT2D eigenvalue weighted by atomic mass is 79.9. The average Bonchev–Trinajstić information content (AvgIpc) is 2.48. The Bertz CT molecular complexity index is 528. The summed E-state index contributed by atoms with van der Waals surface area (Å²) in [6, 6.07) is 4.57. The Morgan fingerprint density at radius 3 is 2.86 bits per heavy atom. The molecule has 1 saturated heterocycles. The summed E-state index contributed by atoms with van der Waals surface area (Å²) in [7, 11) is 0. The highest BCUT2D eigenvalue weighted by molar-refractivity contribution is 9.10. The number of halogens is 1. The zero-order valence-electron chi connectivity index (χ0n) is 11.7. The van der Waals surface area contributed by atoms with Gasteiger partial charge in [-0.2, -0.15) is 0 Å². The third-order valence-electron chi connectivity index (χ3n) is 3.67. The number of rotatable bonds is 5. The predicted molar refractivity (Wildman–Crippen MR) is 84.6 cm³/mol. The summed E-state index contributed by atoms with van der Waals surface area (Å²) in [4.78, 5) is 22.8. The van der Waals surface area contributed by atoms with E-state index in [-0.39, 0.29) is 11.5 Å². The Morgan fingerprint density at radius 2 is 2.24 bits per heavy atom. The number of carboxylic acids is 1. The van der Waals surface area contributed by atoms with E-state index >= 15 is 0 Å². The van der Waals surface area contributed by atoms with Gasteiger partial charge in [0.05, 0.1) is 11.3 Å². The fourth-order valence-electron chi connectivity index (χ4n) is 2.47. The molecule has 1 aromatic carbocycles. The molecule has 5 nitrogen and oxygen atoms in total. The van der Waals surface area contributed by atoms with Gasteiger partial charge in [-0.05, 0) is 72.4 Å². The van der Waals surface area contributed by atoms with Gasteiger partial charge in [0.25, 0.3) is 0 Å². The minimum absolute atomic E-state index is 0.0376. The van der Waals surface area contributed by atoms with Crippen molar-refractivity contribution in [2.45, 2.75) is 25.7 Å². The van der Waals surface area contributed by atoms with Crippen LogP contribution in [0.3, 0.4) is 0 Å². The van der Waals surface area contributed by atoms with E-state index < -0.39 is 5.97 Å². The van der Waals surface area contributed by atoms with Gasteiger partial charge in [0.2, 0.25) is 5.91 Å². The lowest BCUT2D eigenvalue weighted by atomic mass is 9.94. The van der Waals surface area contributed by atoms with Crippen molar-refractivity contribution in [3.05, 3.63) is 28.2 Å². The molecule has 1 aliphatic heterocycles. The third kappa shape index (κ3) is 4.82. The highest BCUT2D eigenvalue weighted by Gasteiger charge is 2.15. The van der Waals surface area contributed by atoms with Gasteiger partial charge in [0.15, 0.2) is 0 Å². The number of piperidine rings is 1. The molecule has 0 aliphatic carbocycles. The summed E-state index contributed by atoms with van der Waals surface area (Å²) < 4.78 is 0.579. The van der Waals surface area contributed by atoms with E-state index in [1.54, 1.807) is 6.07 Å². The van der Waals surface area contributed by atoms with Gasteiger partial charge in [0.1, 0.15) is 0 Å². The van der Waals surface area contributed by atoms with Gasteiger partial charge in [-0.3, -0.25) is 4.79 Å². The lowest BCUT2D eigenvalue weighted by molar-refractivity contribution is -0.116. The van der Waals surface area contributed by atoms with Crippen LogP contribution in [0, 0.1) is 5.92 Å². The zero-order chi connectivity index (χ0) is 15.2. The maximum atomic E-state index is 12.0. The molecule has 3 N–H and O–H groups in total. The van der Waals surface area contributed by atoms with Gasteiger partial charge in [0, 0.05) is 10.9 Å². The number of benzene rings is 1. The molecule has 0 bridgehead atoms. The van der Waals surface area contributed by atoms with E-state index in [4.69, 9.17) is 5.11 Å². The van der Waals surface area contributed by atoms with Crippen LogP contribution in [0.4, 0.5) is 5.69 Å². The SMILES string of the molecule is O=C(CCC1CCCNC1)Nc1ccc(C(=O)O)cc1Br. The van der Waals surface area contributed by atoms with Crippen LogP contribution < -0.4 is 10.6 Å². The number of carbonyl (C=O) groups is 2. The molecular weight excluding hydrogens is 336 g/mol. The standard InChI is InChI=1S/C15H19BrN2O3/c16-12-8-11(15(20)21)4-5-13(12)18-14(19)6-3-10-2-1-7-17-9-10/h4-5,8,10,17H,1-3,6-7,9H2,(H,18,19)(H,20,21). The second-order valence-electron chi connectivity index (χ2n) is 5.30. The fourth-order valence-corrected chi connectivity index (χ4v) is 2.95. The first-order chi connectivity index (χ1) is 10.1. The summed E-state index contributed by atoms with van der Waals surface area (Å²) in [6.45, 7) is 2.07. The normalized spacial score (nSPS) is 18.2. The van der Waals surface area contributed by atoms with Crippen LogP contribution >= 0.6 is 15.9 Å². The molecule has 1 heterocycles. The molecule has 0 aromatic heterocycles. The van der Waals surface area contributed by atoms with Crippen LogP contribution in [-0.4, -0.2) is 30.1 Å². The van der Waals surface area contributed by atoms with Crippen LogP contribution in [0.15, 0.2) is 22.7 Å². The van der Waals surface area contributed by atoms with E-state index in [0.29, 0.717) is 22.5 Å². The predicted octanol–water partition coefficient (Wildman–Crippen LogP) is 2.87. The van der Waals surface area contributed by atoms with Gasteiger partial charge in [-0.15, -0.1) is 0 Å². The minimum Gasteiger partial charge on any atom is -0.478 e. The first kappa shape index (κ1) is 16.0. The number of aromatic carboxylic acids is 1. The number of hydrogen-bond acceptors (Lipinski definition) is 3. The first-order valence-electron chi connectivity index (χ1n) is 7.09. The number of hydrogen-bond donors (Lipinski definition) is 3. The van der Waals surface area contributed by atoms with Crippen molar-refractivity contribution in [1.29, 1.82) is 0 Å². The lowest BCUT2D eigenvalue weighted by Gasteiger charge is -2.22. The summed E-state index contributed by atoms with van der Waals surface area (Å²) >= 11 is 3.28. The molecule has 0 spiro atoms. The fraction of sp³-hybridized carbons (Fsp3) is 0.467. The average molecular weight is 355 g/mol. The van der Waals surface area contributed by atoms with Crippen molar-refractivity contribution in [1.82, 2.24) is 5.32 Å². The molecule has 2 rings (SSSR count). The molecule has 0 radical (unpaired) electrons. The quantitative estimate of drug-likeness (QED) is 0.759. The second kappa shape index (κ2) is 7.56. The van der Waals surface area contributed by atoms with E-state index in [1.807, 2.05) is 0 Å². The van der Waals surface area contributed by atoms with E-state index in [1.165, 1.54) is 25.0 Å². The van der Waals surface area contributed by atoms with Crippen molar-refractivity contribution < 1.29 is 14.7 Å². The van der Waals surface area contributed by atoms with Gasteiger partial charge in [-0.1, -0.05) is 0 Å². The van der Waals surface area contributed by atoms with Gasteiger partial charge >= 0.3 is 5.97 Å². The number of nitrogens with one attached hydrogen (secondary N) is 2. The maximum absolute atomic E-state index is 12.0. The summed E-state index contributed by atoms with van der Waals surface area (Å²) in [5, 5.41) is 15.1. The Kier molecular flexibility index (Phi) is 5.76. The van der Waals surface area contributed by atoms with E-state index in [2.05, 4.69) is 26.6 Å². The molecule has 114 valence electrons. The Labute approximate surface area is 132 Å². The van der Waals surface area contributed by atoms with Crippen molar-refractivity contribution in [2.75, 3.05) is 18.4 Å². The number of carboxylic acid groups (broad SMARTS) is 1. The number of anilines is 1. The van der Waals surface area contributed by atoms with Crippen LogP contribution in [0.25, 0.3) is 0 Å². The third-order valence-corrected chi connectivity index (χ3v) is 4.32. The van der Waals surface area contributed by atoms with Crippen molar-refractivity contribution >= 4 is 33.5 Å².